The van der Waals surface area contributed by atoms with Gasteiger partial charge in [-0.1, -0.05) is 19.9 Å². The molecule has 0 fully saturated rings. The van der Waals surface area contributed by atoms with Crippen LogP contribution in [0, 0.1) is 11.7 Å². The first-order chi connectivity index (χ1) is 13.9. The maximum absolute atomic E-state index is 14.1. The van der Waals surface area contributed by atoms with E-state index in [2.05, 4.69) is 15.0 Å². The molecule has 0 saturated carbocycles. The smallest absolute Gasteiger partial charge is 0.403 e. The molecule has 0 spiro atoms. The molecule has 0 saturated heterocycles. The molecule has 0 heterocycles. The van der Waals surface area contributed by atoms with Crippen molar-refractivity contribution in [2.45, 2.75) is 33.2 Å². The van der Waals surface area contributed by atoms with Gasteiger partial charge in [-0.2, -0.15) is 0 Å². The monoisotopic (exact) mass is 436 g/mol. The summed E-state index contributed by atoms with van der Waals surface area (Å²) in [6.07, 6.45) is -4.95. The van der Waals surface area contributed by atoms with Crippen molar-refractivity contribution in [2.75, 3.05) is 6.67 Å². The Balaban J connectivity index is 3.42. The maximum atomic E-state index is 14.1. The third-order valence-corrected chi connectivity index (χ3v) is 3.83. The number of amidine groups is 1. The number of nitrogens with zero attached hydrogens (tertiary/aromatic N) is 1. The largest absolute Gasteiger partial charge is 0.573 e. The highest BCUT2D eigenvalue weighted by Gasteiger charge is 2.32. The van der Waals surface area contributed by atoms with Gasteiger partial charge in [0.1, 0.15) is 12.5 Å². The van der Waals surface area contributed by atoms with E-state index in [0.29, 0.717) is 0 Å². The van der Waals surface area contributed by atoms with Crippen LogP contribution in [0.15, 0.2) is 34.5 Å². The first-order valence-corrected chi connectivity index (χ1v) is 8.55. The number of benzene rings is 1. The van der Waals surface area contributed by atoms with Gasteiger partial charge in [-0.05, 0) is 30.5 Å². The number of hydrogen-bond acceptors (Lipinski definition) is 5. The lowest BCUT2D eigenvalue weighted by Gasteiger charge is -2.21. The Morgan fingerprint density at radius 1 is 1.33 bits per heavy atom. The molecule has 0 aliphatic rings. The summed E-state index contributed by atoms with van der Waals surface area (Å²) >= 11 is 0. The number of aliphatic imine (C=N–C) groups is 1. The molecular formula is C18H21F5N4O3. The zero-order chi connectivity index (χ0) is 23.1. The van der Waals surface area contributed by atoms with E-state index in [1.165, 1.54) is 13.0 Å². The lowest BCUT2D eigenvalue weighted by Crippen LogP contribution is -2.40. The minimum atomic E-state index is -5.06. The van der Waals surface area contributed by atoms with E-state index >= 15 is 0 Å². The number of halogens is 5. The molecule has 1 atom stereocenters. The topological polar surface area (TPSA) is 106 Å². The molecule has 0 aliphatic heterocycles. The highest BCUT2D eigenvalue weighted by molar-refractivity contribution is 6.08. The number of alkyl halides is 4. The number of nitrogens with one attached hydrogen (secondary N) is 2. The van der Waals surface area contributed by atoms with Crippen molar-refractivity contribution in [3.63, 3.8) is 0 Å². The summed E-state index contributed by atoms with van der Waals surface area (Å²) in [7, 11) is 0. The van der Waals surface area contributed by atoms with Crippen LogP contribution < -0.4 is 21.1 Å². The van der Waals surface area contributed by atoms with Gasteiger partial charge in [-0.3, -0.25) is 20.4 Å². The van der Waals surface area contributed by atoms with Crippen LogP contribution in [0.4, 0.5) is 26.7 Å². The maximum Gasteiger partial charge on any atom is 0.573 e. The second-order valence-electron chi connectivity index (χ2n) is 6.40. The molecule has 1 aromatic carbocycles. The minimum Gasteiger partial charge on any atom is -0.403 e. The molecule has 0 bridgehead atoms. The van der Waals surface area contributed by atoms with Gasteiger partial charge in [-0.15, -0.1) is 13.2 Å². The average Bonchev–Trinajstić information content (AvgIpc) is 2.64. The van der Waals surface area contributed by atoms with Crippen LogP contribution in [-0.4, -0.2) is 31.3 Å². The van der Waals surface area contributed by atoms with Crippen molar-refractivity contribution in [3.05, 3.63) is 40.8 Å². The predicted molar refractivity (Wildman–Crippen MR) is 98.7 cm³/mol. The molecule has 30 heavy (non-hydrogen) atoms. The van der Waals surface area contributed by atoms with Crippen LogP contribution >= 0.6 is 0 Å². The average molecular weight is 436 g/mol. The number of allylic oxidation sites excluding steroid dienone is 1. The highest BCUT2D eigenvalue weighted by atomic mass is 19.4. The number of rotatable bonds is 7. The fourth-order valence-electron chi connectivity index (χ4n) is 2.33. The molecule has 3 amide bonds. The lowest BCUT2D eigenvalue weighted by molar-refractivity contribution is -0.275. The van der Waals surface area contributed by atoms with E-state index in [0.717, 1.165) is 12.1 Å². The van der Waals surface area contributed by atoms with Crippen molar-refractivity contribution in [1.82, 2.24) is 10.6 Å². The molecule has 0 aromatic heterocycles. The molecule has 0 radical (unpaired) electrons. The van der Waals surface area contributed by atoms with Gasteiger partial charge in [0, 0.05) is 11.3 Å². The molecule has 1 rings (SSSR count). The van der Waals surface area contributed by atoms with E-state index in [4.69, 9.17) is 5.73 Å². The summed E-state index contributed by atoms with van der Waals surface area (Å²) in [5.74, 6) is -2.81. The van der Waals surface area contributed by atoms with Crippen LogP contribution in [0.5, 0.6) is 5.75 Å². The van der Waals surface area contributed by atoms with Gasteiger partial charge in [0.2, 0.25) is 6.41 Å². The normalized spacial score (nSPS) is 14.1. The summed E-state index contributed by atoms with van der Waals surface area (Å²) in [4.78, 5) is 26.4. The fraction of sp³-hybridized carbons (Fsp3) is 0.389. The van der Waals surface area contributed by atoms with Crippen LogP contribution in [-0.2, 0) is 4.79 Å². The van der Waals surface area contributed by atoms with Gasteiger partial charge in [0.15, 0.2) is 11.6 Å². The van der Waals surface area contributed by atoms with Crippen molar-refractivity contribution in [1.29, 1.82) is 0 Å². The Morgan fingerprint density at radius 2 is 1.97 bits per heavy atom. The summed E-state index contributed by atoms with van der Waals surface area (Å²) in [5, 5.41) is 4.06. The highest BCUT2D eigenvalue weighted by Crippen LogP contribution is 2.32. The van der Waals surface area contributed by atoms with E-state index in [9.17, 15) is 31.5 Å². The summed E-state index contributed by atoms with van der Waals surface area (Å²) in [6.45, 7) is 3.69. The zero-order valence-electron chi connectivity index (χ0n) is 16.3. The fourth-order valence-corrected chi connectivity index (χ4v) is 2.33. The lowest BCUT2D eigenvalue weighted by atomic mass is 9.96. The van der Waals surface area contributed by atoms with E-state index < -0.39 is 36.7 Å². The number of carbonyl (C=O) groups is 2. The first kappa shape index (κ1) is 24.9. The van der Waals surface area contributed by atoms with E-state index in [1.54, 1.807) is 13.8 Å². The van der Waals surface area contributed by atoms with Crippen LogP contribution in [0.25, 0.3) is 0 Å². The SMILES string of the molecule is CC(C(=NC(c1ccc(OC(F)(F)F)c(F)c1)C(C)C)NC(=O)NC=O)=C(N)CF. The van der Waals surface area contributed by atoms with Gasteiger partial charge in [0.25, 0.3) is 0 Å². The second-order valence-corrected chi connectivity index (χ2v) is 6.40. The molecule has 166 valence electrons. The Kier molecular flexibility index (Phi) is 8.75. The minimum absolute atomic E-state index is 0.0571. The van der Waals surface area contributed by atoms with Gasteiger partial charge < -0.3 is 10.5 Å². The Labute approximate surface area is 169 Å². The van der Waals surface area contributed by atoms with Gasteiger partial charge in [-0.25, -0.2) is 13.6 Å². The summed E-state index contributed by atoms with van der Waals surface area (Å²) in [6, 6.07) is 0.952. The van der Waals surface area contributed by atoms with Crippen LogP contribution in [0.2, 0.25) is 0 Å². The molecule has 12 heteroatoms. The van der Waals surface area contributed by atoms with Gasteiger partial charge in [0.05, 0.1) is 6.04 Å². The molecule has 7 nitrogen and oxygen atoms in total. The third-order valence-electron chi connectivity index (χ3n) is 3.83. The second kappa shape index (κ2) is 10.6. The molecule has 4 N–H and O–H groups in total. The van der Waals surface area contributed by atoms with Crippen molar-refractivity contribution < 1.29 is 36.3 Å². The quantitative estimate of drug-likeness (QED) is 0.263. The van der Waals surface area contributed by atoms with Crippen molar-refractivity contribution in [3.8, 4) is 5.75 Å². The number of carbonyl (C=O) groups excluding carboxylic acids is 2. The van der Waals surface area contributed by atoms with E-state index in [-0.39, 0.29) is 35.0 Å². The number of imide groups is 1. The standard InChI is InChI=1S/C18H21F5N4O3/c1-9(2)15(11-4-5-14(12(20)6-11)30-18(21,22)23)26-16(10(3)13(24)7-19)27-17(29)25-8-28/h4-6,8-9,15H,7,24H2,1-3H3,(H2,25,26,27,28,29). The van der Waals surface area contributed by atoms with E-state index in [1.807, 2.05) is 5.32 Å². The number of hydrogen-bond donors (Lipinski definition) is 3. The van der Waals surface area contributed by atoms with Crippen molar-refractivity contribution >= 4 is 18.3 Å². The number of amides is 3. The molecule has 0 aliphatic carbocycles. The third kappa shape index (κ3) is 7.33. The Hall–Kier alpha value is -3.18. The predicted octanol–water partition coefficient (Wildman–Crippen LogP) is 3.48. The summed E-state index contributed by atoms with van der Waals surface area (Å²) in [5.41, 5.74) is 5.53. The van der Waals surface area contributed by atoms with Gasteiger partial charge >= 0.3 is 12.4 Å². The summed E-state index contributed by atoms with van der Waals surface area (Å²) < 4.78 is 67.7. The Morgan fingerprint density at radius 3 is 2.43 bits per heavy atom. The number of ether oxygens (including phenoxy) is 1. The van der Waals surface area contributed by atoms with Crippen molar-refractivity contribution in [2.24, 2.45) is 16.6 Å². The molecular weight excluding hydrogens is 415 g/mol. The Bertz CT molecular complexity index is 838. The first-order valence-electron chi connectivity index (χ1n) is 8.55. The zero-order valence-corrected chi connectivity index (χ0v) is 16.3. The number of nitrogens with two attached hydrogens (primary N) is 1. The number of urea groups is 1. The van der Waals surface area contributed by atoms with Crippen LogP contribution in [0.1, 0.15) is 32.4 Å². The van der Waals surface area contributed by atoms with Crippen LogP contribution in [0.3, 0.4) is 0 Å². The molecule has 1 unspecified atom stereocenters. The molecule has 1 aromatic rings.